The zero-order chi connectivity index (χ0) is 28.3. The first-order valence-electron chi connectivity index (χ1n) is 13.3. The smallest absolute Gasteiger partial charge is 0.273 e. The zero-order valence-corrected chi connectivity index (χ0v) is 24.2. The third-order valence-electron chi connectivity index (χ3n) is 8.08. The third kappa shape index (κ3) is 4.47. The van der Waals surface area contributed by atoms with Crippen molar-refractivity contribution in [2.45, 2.75) is 64.6 Å². The van der Waals surface area contributed by atoms with Crippen molar-refractivity contribution in [2.24, 2.45) is 0 Å². The fourth-order valence-corrected chi connectivity index (χ4v) is 6.00. The van der Waals surface area contributed by atoms with E-state index >= 15 is 0 Å². The molecule has 0 radical (unpaired) electrons. The van der Waals surface area contributed by atoms with E-state index in [2.05, 4.69) is 9.97 Å². The molecule has 3 aliphatic rings. The molecular weight excluding hydrogens is 555 g/mol. The molecule has 3 aromatic rings. The summed E-state index contributed by atoms with van der Waals surface area (Å²) in [5.74, 6) is -0.804. The van der Waals surface area contributed by atoms with Crippen LogP contribution >= 0.6 is 23.2 Å². The lowest BCUT2D eigenvalue weighted by atomic mass is 9.96. The molecule has 1 aromatic carbocycles. The van der Waals surface area contributed by atoms with E-state index in [1.807, 2.05) is 30.4 Å². The number of carbonyl (C=O) groups excluding carboxylic acids is 2. The van der Waals surface area contributed by atoms with Gasteiger partial charge < -0.3 is 19.3 Å². The highest BCUT2D eigenvalue weighted by Crippen LogP contribution is 2.36. The summed E-state index contributed by atoms with van der Waals surface area (Å²) in [5.41, 5.74) is 3.42. The molecule has 3 aliphatic heterocycles. The van der Waals surface area contributed by atoms with Gasteiger partial charge in [0, 0.05) is 48.1 Å². The van der Waals surface area contributed by atoms with Crippen molar-refractivity contribution in [3.63, 3.8) is 0 Å². The maximum Gasteiger partial charge on any atom is 0.273 e. The van der Waals surface area contributed by atoms with Gasteiger partial charge in [0.2, 0.25) is 5.79 Å². The molecule has 2 aromatic heterocycles. The molecule has 2 amide bonds. The molecular formula is C28H30Cl2N6O4. The van der Waals surface area contributed by atoms with Gasteiger partial charge in [-0.15, -0.1) is 0 Å². The largest absolute Gasteiger partial charge is 0.341 e. The van der Waals surface area contributed by atoms with Gasteiger partial charge in [0.25, 0.3) is 11.8 Å². The highest BCUT2D eigenvalue weighted by molar-refractivity contribution is 6.42. The predicted octanol–water partition coefficient (Wildman–Crippen LogP) is 4.56. The number of rotatable bonds is 4. The Morgan fingerprint density at radius 3 is 2.48 bits per heavy atom. The average Bonchev–Trinajstić information content (AvgIpc) is 3.55. The third-order valence-corrected chi connectivity index (χ3v) is 8.82. The van der Waals surface area contributed by atoms with Crippen molar-refractivity contribution >= 4 is 35.0 Å². The molecule has 6 rings (SSSR count). The van der Waals surface area contributed by atoms with E-state index in [1.165, 1.54) is 0 Å². The second-order valence-corrected chi connectivity index (χ2v) is 11.6. The van der Waals surface area contributed by atoms with E-state index in [1.54, 1.807) is 42.4 Å². The van der Waals surface area contributed by atoms with Gasteiger partial charge in [-0.3, -0.25) is 14.3 Å². The van der Waals surface area contributed by atoms with Crippen LogP contribution in [0, 0.1) is 0 Å². The lowest BCUT2D eigenvalue weighted by Crippen LogP contribution is -2.45. The molecule has 0 N–H and O–H groups in total. The SMILES string of the molecule is CC(c1cnc(C2(C)OCCO2)nc1)N1C[C@@H](C)n2nc3c(c2C1=O)CN(C(=O)c1ccc(Cl)c(Cl)c1)[C@H](C)C3. The van der Waals surface area contributed by atoms with Crippen molar-refractivity contribution in [3.05, 3.63) is 74.5 Å². The van der Waals surface area contributed by atoms with Crippen LogP contribution in [0.4, 0.5) is 0 Å². The Morgan fingerprint density at radius 2 is 1.80 bits per heavy atom. The second-order valence-electron chi connectivity index (χ2n) is 10.8. The minimum atomic E-state index is -0.958. The monoisotopic (exact) mass is 584 g/mol. The van der Waals surface area contributed by atoms with Crippen LogP contribution in [0.1, 0.15) is 83.3 Å². The number of aromatic nitrogens is 4. The molecule has 1 saturated heterocycles. The molecule has 0 aliphatic carbocycles. The van der Waals surface area contributed by atoms with Crippen LogP contribution in [0.5, 0.6) is 0 Å². The number of hydrogen-bond donors (Lipinski definition) is 0. The Morgan fingerprint density at radius 1 is 1.10 bits per heavy atom. The summed E-state index contributed by atoms with van der Waals surface area (Å²) in [7, 11) is 0. The van der Waals surface area contributed by atoms with Crippen LogP contribution in [-0.4, -0.2) is 67.2 Å². The number of benzene rings is 1. The van der Waals surface area contributed by atoms with E-state index in [0.717, 1.165) is 16.8 Å². The standard InChI is InChI=1S/C28H30Cl2N6O4/c1-15-9-23-20(14-34(15)25(37)18-5-6-21(29)22(30)10-18)24-26(38)35(13-16(2)36(24)33-23)17(3)19-11-31-27(32-12-19)28(4)39-7-8-40-28/h5-6,10-12,15-17H,7-9,13-14H2,1-4H3/t15-,16-,17?/m1/s1. The van der Waals surface area contributed by atoms with Crippen molar-refractivity contribution < 1.29 is 19.1 Å². The zero-order valence-electron chi connectivity index (χ0n) is 22.7. The molecule has 12 heteroatoms. The topological polar surface area (TPSA) is 103 Å². The van der Waals surface area contributed by atoms with E-state index in [4.69, 9.17) is 37.8 Å². The molecule has 0 saturated carbocycles. The molecule has 210 valence electrons. The van der Waals surface area contributed by atoms with Crippen LogP contribution in [-0.2, 0) is 28.2 Å². The summed E-state index contributed by atoms with van der Waals surface area (Å²) >= 11 is 12.2. The predicted molar refractivity (Wildman–Crippen MR) is 147 cm³/mol. The van der Waals surface area contributed by atoms with Gasteiger partial charge in [-0.25, -0.2) is 9.97 Å². The minimum absolute atomic E-state index is 0.0466. The molecule has 3 atom stereocenters. The lowest BCUT2D eigenvalue weighted by Gasteiger charge is -2.37. The normalized spacial score (nSPS) is 22.7. The average molecular weight is 585 g/mol. The summed E-state index contributed by atoms with van der Waals surface area (Å²) in [6, 6.07) is 4.44. The number of halogens is 2. The van der Waals surface area contributed by atoms with Gasteiger partial charge in [0.05, 0.1) is 47.6 Å². The van der Waals surface area contributed by atoms with E-state index in [-0.39, 0.29) is 36.5 Å². The number of carbonyl (C=O) groups is 2. The fourth-order valence-electron chi connectivity index (χ4n) is 5.70. The van der Waals surface area contributed by atoms with E-state index in [0.29, 0.717) is 53.3 Å². The molecule has 0 spiro atoms. The lowest BCUT2D eigenvalue weighted by molar-refractivity contribution is -0.156. The first-order chi connectivity index (χ1) is 19.1. The molecule has 1 fully saturated rings. The Kier molecular flexibility index (Phi) is 6.85. The number of ether oxygens (including phenoxy) is 2. The maximum atomic E-state index is 14.0. The van der Waals surface area contributed by atoms with Crippen LogP contribution < -0.4 is 0 Å². The quantitative estimate of drug-likeness (QED) is 0.442. The van der Waals surface area contributed by atoms with Crippen molar-refractivity contribution in [1.82, 2.24) is 29.5 Å². The molecule has 40 heavy (non-hydrogen) atoms. The maximum absolute atomic E-state index is 14.0. The first kappa shape index (κ1) is 27.1. The van der Waals surface area contributed by atoms with Crippen molar-refractivity contribution in [1.29, 1.82) is 0 Å². The van der Waals surface area contributed by atoms with Crippen molar-refractivity contribution in [2.75, 3.05) is 19.8 Å². The van der Waals surface area contributed by atoms with Gasteiger partial charge in [0.15, 0.2) is 5.82 Å². The molecule has 0 bridgehead atoms. The molecule has 10 nitrogen and oxygen atoms in total. The minimum Gasteiger partial charge on any atom is -0.341 e. The number of hydrogen-bond acceptors (Lipinski definition) is 7. The van der Waals surface area contributed by atoms with Gasteiger partial charge in [-0.1, -0.05) is 23.2 Å². The van der Waals surface area contributed by atoms with Crippen LogP contribution in [0.2, 0.25) is 10.0 Å². The Balaban J connectivity index is 1.27. The summed E-state index contributed by atoms with van der Waals surface area (Å²) in [5, 5.41) is 5.55. The molecule has 5 heterocycles. The first-order valence-corrected chi connectivity index (χ1v) is 14.1. The number of nitrogens with zero attached hydrogens (tertiary/aromatic N) is 6. The number of amides is 2. The Bertz CT molecular complexity index is 1490. The summed E-state index contributed by atoms with van der Waals surface area (Å²) in [4.78, 5) is 40.1. The van der Waals surface area contributed by atoms with E-state index < -0.39 is 5.79 Å². The van der Waals surface area contributed by atoms with Gasteiger partial charge >= 0.3 is 0 Å². The van der Waals surface area contributed by atoms with Gasteiger partial charge in [-0.2, -0.15) is 5.10 Å². The Hall–Kier alpha value is -3.05. The van der Waals surface area contributed by atoms with Crippen molar-refractivity contribution in [3.8, 4) is 0 Å². The fraction of sp³-hybridized carbons (Fsp3) is 0.464. The summed E-state index contributed by atoms with van der Waals surface area (Å²) in [6.45, 7) is 9.55. The highest BCUT2D eigenvalue weighted by Gasteiger charge is 2.41. The van der Waals surface area contributed by atoms with Gasteiger partial charge in [-0.05, 0) is 45.9 Å². The second kappa shape index (κ2) is 10.1. The van der Waals surface area contributed by atoms with Crippen LogP contribution in [0.3, 0.4) is 0 Å². The van der Waals surface area contributed by atoms with Crippen LogP contribution in [0.25, 0.3) is 0 Å². The summed E-state index contributed by atoms with van der Waals surface area (Å²) < 4.78 is 13.2. The van der Waals surface area contributed by atoms with Crippen LogP contribution in [0.15, 0.2) is 30.6 Å². The number of fused-ring (bicyclic) bond motifs is 3. The molecule has 1 unspecified atom stereocenters. The van der Waals surface area contributed by atoms with E-state index in [9.17, 15) is 9.59 Å². The summed E-state index contributed by atoms with van der Waals surface area (Å²) in [6.07, 6.45) is 4.00. The van der Waals surface area contributed by atoms with Gasteiger partial charge in [0.1, 0.15) is 5.69 Å². The Labute approximate surface area is 242 Å². The highest BCUT2D eigenvalue weighted by atomic mass is 35.5.